The highest BCUT2D eigenvalue weighted by Crippen LogP contribution is 2.36. The van der Waals surface area contributed by atoms with Crippen molar-refractivity contribution in [3.63, 3.8) is 0 Å². The van der Waals surface area contributed by atoms with E-state index in [0.29, 0.717) is 24.6 Å². The summed E-state index contributed by atoms with van der Waals surface area (Å²) in [5, 5.41) is 13.1. The van der Waals surface area contributed by atoms with Gasteiger partial charge in [0.25, 0.3) is 0 Å². The Morgan fingerprint density at radius 1 is 1.25 bits per heavy atom. The number of fused-ring (bicyclic) bond motifs is 1. The lowest BCUT2D eigenvalue weighted by atomic mass is 10.2. The molecule has 1 unspecified atom stereocenters. The van der Waals surface area contributed by atoms with Crippen molar-refractivity contribution >= 4 is 38.8 Å². The molecule has 0 aliphatic carbocycles. The van der Waals surface area contributed by atoms with E-state index < -0.39 is 0 Å². The van der Waals surface area contributed by atoms with Gasteiger partial charge in [-0.2, -0.15) is 11.3 Å². The fourth-order valence-electron chi connectivity index (χ4n) is 3.57. The third-order valence-electron chi connectivity index (χ3n) is 4.96. The second-order valence-electron chi connectivity index (χ2n) is 6.78. The van der Waals surface area contributed by atoms with Gasteiger partial charge in [0.1, 0.15) is 5.01 Å². The molecule has 142 valence electrons. The minimum atomic E-state index is 0.0777. The number of aryl methyl sites for hydroxylation is 1. The third kappa shape index (κ3) is 3.33. The van der Waals surface area contributed by atoms with Crippen molar-refractivity contribution in [2.24, 2.45) is 0 Å². The molecule has 0 N–H and O–H groups in total. The van der Waals surface area contributed by atoms with Crippen LogP contribution in [0.15, 0.2) is 45.5 Å². The number of amides is 1. The zero-order valence-corrected chi connectivity index (χ0v) is 16.7. The summed E-state index contributed by atoms with van der Waals surface area (Å²) in [6, 6.07) is 10.2. The predicted octanol–water partition coefficient (Wildman–Crippen LogP) is 4.70. The summed E-state index contributed by atoms with van der Waals surface area (Å²) in [6.45, 7) is 0.781. The number of rotatable bonds is 5. The highest BCUT2D eigenvalue weighted by molar-refractivity contribution is 7.18. The molecule has 4 aromatic rings. The number of hydrogen-bond acceptors (Lipinski definition) is 7. The van der Waals surface area contributed by atoms with E-state index in [2.05, 4.69) is 16.3 Å². The summed E-state index contributed by atoms with van der Waals surface area (Å²) in [4.78, 5) is 19.6. The summed E-state index contributed by atoms with van der Waals surface area (Å²) < 4.78 is 6.87. The van der Waals surface area contributed by atoms with Gasteiger partial charge in [0, 0.05) is 30.3 Å². The van der Waals surface area contributed by atoms with Gasteiger partial charge in [-0.25, -0.2) is 4.98 Å². The predicted molar refractivity (Wildman–Crippen MR) is 109 cm³/mol. The van der Waals surface area contributed by atoms with Crippen LogP contribution < -0.4 is 0 Å². The minimum absolute atomic E-state index is 0.0777. The number of nitrogens with zero attached hydrogens (tertiary/aromatic N) is 4. The first kappa shape index (κ1) is 17.5. The lowest BCUT2D eigenvalue weighted by molar-refractivity contribution is -0.132. The van der Waals surface area contributed by atoms with Crippen LogP contribution in [0.1, 0.15) is 36.2 Å². The molecule has 4 heterocycles. The van der Waals surface area contributed by atoms with E-state index in [1.54, 1.807) is 22.7 Å². The summed E-state index contributed by atoms with van der Waals surface area (Å²) in [5.74, 6) is 1.14. The van der Waals surface area contributed by atoms with Gasteiger partial charge in [0.2, 0.25) is 17.7 Å². The van der Waals surface area contributed by atoms with E-state index in [0.717, 1.165) is 35.5 Å². The van der Waals surface area contributed by atoms with E-state index in [9.17, 15) is 4.79 Å². The fraction of sp³-hybridized carbons (Fsp3) is 0.300. The first-order valence-corrected chi connectivity index (χ1v) is 11.0. The van der Waals surface area contributed by atoms with Gasteiger partial charge < -0.3 is 9.32 Å². The zero-order chi connectivity index (χ0) is 18.9. The van der Waals surface area contributed by atoms with Gasteiger partial charge in [-0.3, -0.25) is 4.79 Å². The Balaban J connectivity index is 1.27. The molecule has 1 atom stereocenters. The summed E-state index contributed by atoms with van der Waals surface area (Å²) in [5.41, 5.74) is 1.93. The second kappa shape index (κ2) is 7.44. The molecule has 0 radical (unpaired) electrons. The monoisotopic (exact) mass is 410 g/mol. The van der Waals surface area contributed by atoms with Crippen molar-refractivity contribution in [3.8, 4) is 11.5 Å². The highest BCUT2D eigenvalue weighted by Gasteiger charge is 2.32. The van der Waals surface area contributed by atoms with Crippen LogP contribution in [0, 0.1) is 0 Å². The van der Waals surface area contributed by atoms with Crippen LogP contribution in [0.3, 0.4) is 0 Å². The van der Waals surface area contributed by atoms with Crippen molar-refractivity contribution in [1.29, 1.82) is 0 Å². The van der Waals surface area contributed by atoms with Gasteiger partial charge in [-0.05, 0) is 36.4 Å². The van der Waals surface area contributed by atoms with E-state index in [-0.39, 0.29) is 11.9 Å². The summed E-state index contributed by atoms with van der Waals surface area (Å²) >= 11 is 3.27. The molecule has 0 saturated carbocycles. The number of carbonyl (C=O) groups excluding carboxylic acids is 1. The van der Waals surface area contributed by atoms with E-state index in [4.69, 9.17) is 9.40 Å². The molecule has 1 fully saturated rings. The molecular formula is C20H18N4O2S2. The molecular weight excluding hydrogens is 392 g/mol. The van der Waals surface area contributed by atoms with Crippen molar-refractivity contribution in [1.82, 2.24) is 20.1 Å². The molecule has 1 saturated heterocycles. The number of carbonyl (C=O) groups is 1. The highest BCUT2D eigenvalue weighted by atomic mass is 32.1. The molecule has 1 aliphatic heterocycles. The van der Waals surface area contributed by atoms with Crippen LogP contribution in [0.4, 0.5) is 0 Å². The number of hydrogen-bond donors (Lipinski definition) is 0. The Labute approximate surface area is 169 Å². The molecule has 1 amide bonds. The number of benzene rings is 1. The van der Waals surface area contributed by atoms with Crippen molar-refractivity contribution < 1.29 is 9.21 Å². The fourth-order valence-corrected chi connectivity index (χ4v) is 5.31. The minimum Gasteiger partial charge on any atom is -0.421 e. The number of thiazole rings is 1. The first-order valence-electron chi connectivity index (χ1n) is 9.28. The second-order valence-corrected chi connectivity index (χ2v) is 8.62. The average Bonchev–Trinajstić information content (AvgIpc) is 3.50. The summed E-state index contributed by atoms with van der Waals surface area (Å²) in [7, 11) is 0. The molecule has 6 nitrogen and oxygen atoms in total. The summed E-state index contributed by atoms with van der Waals surface area (Å²) in [6.07, 6.45) is 2.80. The maximum Gasteiger partial charge on any atom is 0.248 e. The maximum absolute atomic E-state index is 12.9. The quantitative estimate of drug-likeness (QED) is 0.477. The van der Waals surface area contributed by atoms with Crippen LogP contribution in [0.2, 0.25) is 0 Å². The van der Waals surface area contributed by atoms with Gasteiger partial charge in [0.15, 0.2) is 0 Å². The Bertz CT molecular complexity index is 1070. The number of aromatic nitrogens is 3. The van der Waals surface area contributed by atoms with Crippen LogP contribution >= 0.6 is 22.7 Å². The first-order chi connectivity index (χ1) is 13.8. The normalized spacial score (nSPS) is 16.9. The topological polar surface area (TPSA) is 72.1 Å². The van der Waals surface area contributed by atoms with Crippen LogP contribution in [-0.4, -0.2) is 32.5 Å². The molecule has 0 bridgehead atoms. The number of thiophene rings is 1. The van der Waals surface area contributed by atoms with Crippen LogP contribution in [0.25, 0.3) is 21.7 Å². The Morgan fingerprint density at radius 3 is 3.04 bits per heavy atom. The molecule has 8 heteroatoms. The average molecular weight is 411 g/mol. The lowest BCUT2D eigenvalue weighted by Crippen LogP contribution is -2.30. The Morgan fingerprint density at radius 2 is 2.18 bits per heavy atom. The molecule has 0 spiro atoms. The molecule has 5 rings (SSSR count). The Hall–Kier alpha value is -2.58. The maximum atomic E-state index is 12.9. The van der Waals surface area contributed by atoms with Crippen molar-refractivity contribution in [2.45, 2.75) is 31.7 Å². The zero-order valence-electron chi connectivity index (χ0n) is 15.1. The number of para-hydroxylation sites is 1. The lowest BCUT2D eigenvalue weighted by Gasteiger charge is -2.22. The van der Waals surface area contributed by atoms with Gasteiger partial charge in [-0.15, -0.1) is 21.5 Å². The standard InChI is InChI=1S/C20H18N4O2S2/c25-18(8-7-17-22-23-19(26-17)13-9-11-27-12-13)24-10-3-5-15(24)20-21-14-4-1-2-6-16(14)28-20/h1-2,4,6,9,11-12,15H,3,5,7-8,10H2. The third-order valence-corrected chi connectivity index (χ3v) is 6.78. The molecule has 1 aromatic carbocycles. The number of likely N-dealkylation sites (tertiary alicyclic amines) is 1. The van der Waals surface area contributed by atoms with E-state index >= 15 is 0 Å². The van der Waals surface area contributed by atoms with Crippen LogP contribution in [-0.2, 0) is 11.2 Å². The van der Waals surface area contributed by atoms with Gasteiger partial charge >= 0.3 is 0 Å². The smallest absolute Gasteiger partial charge is 0.248 e. The Kier molecular flexibility index (Phi) is 4.66. The van der Waals surface area contributed by atoms with Gasteiger partial charge in [0.05, 0.1) is 16.3 Å². The molecule has 3 aromatic heterocycles. The molecule has 28 heavy (non-hydrogen) atoms. The largest absolute Gasteiger partial charge is 0.421 e. The van der Waals surface area contributed by atoms with E-state index in [1.165, 1.54) is 4.70 Å². The molecule has 1 aliphatic rings. The SMILES string of the molecule is O=C(CCc1nnc(-c2ccsc2)o1)N1CCCC1c1nc2ccccc2s1. The van der Waals surface area contributed by atoms with Crippen molar-refractivity contribution in [2.75, 3.05) is 6.54 Å². The van der Waals surface area contributed by atoms with Crippen molar-refractivity contribution in [3.05, 3.63) is 52.0 Å². The van der Waals surface area contributed by atoms with Crippen LogP contribution in [0.5, 0.6) is 0 Å². The van der Waals surface area contributed by atoms with E-state index in [1.807, 2.05) is 39.9 Å². The van der Waals surface area contributed by atoms with Gasteiger partial charge in [-0.1, -0.05) is 12.1 Å².